The molecule has 128 valence electrons. The largest absolute Gasteiger partial charge is 0.573 e. The van der Waals surface area contributed by atoms with Crippen LogP contribution in [0.3, 0.4) is 0 Å². The number of ether oxygens (including phenoxy) is 1. The highest BCUT2D eigenvalue weighted by molar-refractivity contribution is 5.94. The number of benzene rings is 1. The van der Waals surface area contributed by atoms with Gasteiger partial charge >= 0.3 is 6.36 Å². The minimum absolute atomic E-state index is 0. The number of likely N-dealkylation sites (tertiary alicyclic amines) is 1. The number of rotatable bonds is 2. The summed E-state index contributed by atoms with van der Waals surface area (Å²) < 4.78 is 40.6. The van der Waals surface area contributed by atoms with Crippen molar-refractivity contribution in [3.63, 3.8) is 0 Å². The van der Waals surface area contributed by atoms with E-state index in [0.717, 1.165) is 25.3 Å². The van der Waals surface area contributed by atoms with Gasteiger partial charge in [-0.2, -0.15) is 0 Å². The highest BCUT2D eigenvalue weighted by atomic mass is 35.5. The van der Waals surface area contributed by atoms with Crippen molar-refractivity contribution in [1.29, 1.82) is 0 Å². The molecular weight excluding hydrogens is 333 g/mol. The van der Waals surface area contributed by atoms with Crippen LogP contribution in [0.25, 0.3) is 0 Å². The van der Waals surface area contributed by atoms with E-state index in [1.165, 1.54) is 18.2 Å². The molecule has 23 heavy (non-hydrogen) atoms. The Kier molecular flexibility index (Phi) is 5.41. The van der Waals surface area contributed by atoms with Gasteiger partial charge in [0, 0.05) is 30.7 Å². The molecule has 0 aliphatic carbocycles. The van der Waals surface area contributed by atoms with E-state index in [1.54, 1.807) is 4.90 Å². The van der Waals surface area contributed by atoms with E-state index in [9.17, 15) is 18.0 Å². The fourth-order valence-corrected chi connectivity index (χ4v) is 3.14. The molecule has 1 amide bonds. The molecule has 2 aliphatic rings. The third-order valence-corrected chi connectivity index (χ3v) is 4.13. The molecule has 4 nitrogen and oxygen atoms in total. The molecule has 1 aromatic rings. The van der Waals surface area contributed by atoms with Crippen LogP contribution >= 0.6 is 12.4 Å². The predicted molar refractivity (Wildman–Crippen MR) is 80.8 cm³/mol. The average Bonchev–Trinajstić information content (AvgIpc) is 2.76. The molecular formula is C15H18ClF3N2O2. The Labute approximate surface area is 138 Å². The summed E-state index contributed by atoms with van der Waals surface area (Å²) in [7, 11) is 0. The van der Waals surface area contributed by atoms with Gasteiger partial charge in [0.2, 0.25) is 0 Å². The monoisotopic (exact) mass is 350 g/mol. The van der Waals surface area contributed by atoms with Crippen LogP contribution in [-0.2, 0) is 0 Å². The number of hydrogen-bond acceptors (Lipinski definition) is 3. The Morgan fingerprint density at radius 1 is 1.22 bits per heavy atom. The number of hydrogen-bond donors (Lipinski definition) is 1. The first-order valence-electron chi connectivity index (χ1n) is 7.32. The van der Waals surface area contributed by atoms with E-state index in [4.69, 9.17) is 0 Å². The smallest absolute Gasteiger partial charge is 0.406 e. The summed E-state index contributed by atoms with van der Waals surface area (Å²) in [6, 6.07) is 5.98. The molecule has 2 atom stereocenters. The van der Waals surface area contributed by atoms with Gasteiger partial charge in [0.1, 0.15) is 5.75 Å². The van der Waals surface area contributed by atoms with Crippen molar-refractivity contribution in [2.24, 2.45) is 0 Å². The van der Waals surface area contributed by atoms with Crippen molar-refractivity contribution in [2.75, 3.05) is 13.1 Å². The van der Waals surface area contributed by atoms with Crippen LogP contribution in [0.1, 0.15) is 29.6 Å². The first kappa shape index (κ1) is 17.9. The lowest BCUT2D eigenvalue weighted by Gasteiger charge is -2.24. The van der Waals surface area contributed by atoms with E-state index < -0.39 is 6.36 Å². The Bertz CT molecular complexity index is 568. The molecule has 2 unspecified atom stereocenters. The van der Waals surface area contributed by atoms with Crippen LogP contribution in [0.4, 0.5) is 13.2 Å². The first-order chi connectivity index (χ1) is 10.4. The van der Waals surface area contributed by atoms with Crippen LogP contribution in [0.5, 0.6) is 5.75 Å². The fraction of sp³-hybridized carbons (Fsp3) is 0.533. The van der Waals surface area contributed by atoms with Crippen LogP contribution < -0.4 is 10.1 Å². The Balaban J connectivity index is 0.00000192. The molecule has 2 aliphatic heterocycles. The quantitative estimate of drug-likeness (QED) is 0.891. The van der Waals surface area contributed by atoms with Gasteiger partial charge in [0.15, 0.2) is 0 Å². The maximum atomic E-state index is 12.5. The Morgan fingerprint density at radius 2 is 1.96 bits per heavy atom. The van der Waals surface area contributed by atoms with Crippen molar-refractivity contribution in [3.8, 4) is 5.75 Å². The summed E-state index contributed by atoms with van der Waals surface area (Å²) in [5.74, 6) is -0.616. The average molecular weight is 351 g/mol. The van der Waals surface area contributed by atoms with Crippen molar-refractivity contribution in [1.82, 2.24) is 10.2 Å². The van der Waals surface area contributed by atoms with Crippen LogP contribution in [0.2, 0.25) is 0 Å². The van der Waals surface area contributed by atoms with E-state index in [0.29, 0.717) is 19.1 Å². The molecule has 8 heteroatoms. The highest BCUT2D eigenvalue weighted by Gasteiger charge is 2.33. The SMILES string of the molecule is Cl.O=C(c1cccc(OC(F)(F)F)c1)N1CCC2CCC(C1)N2. The number of halogens is 4. The summed E-state index contributed by atoms with van der Waals surface area (Å²) in [5.41, 5.74) is 0.222. The maximum Gasteiger partial charge on any atom is 0.573 e. The topological polar surface area (TPSA) is 41.6 Å². The van der Waals surface area contributed by atoms with Gasteiger partial charge in [0.25, 0.3) is 5.91 Å². The van der Waals surface area contributed by atoms with Gasteiger partial charge in [-0.3, -0.25) is 4.79 Å². The summed E-state index contributed by atoms with van der Waals surface area (Å²) in [4.78, 5) is 14.2. The zero-order valence-electron chi connectivity index (χ0n) is 12.3. The number of amides is 1. The van der Waals surface area contributed by atoms with E-state index >= 15 is 0 Å². The lowest BCUT2D eigenvalue weighted by molar-refractivity contribution is -0.274. The molecule has 2 saturated heterocycles. The van der Waals surface area contributed by atoms with E-state index in [2.05, 4.69) is 10.1 Å². The fourth-order valence-electron chi connectivity index (χ4n) is 3.14. The number of nitrogens with zero attached hydrogens (tertiary/aromatic N) is 1. The maximum absolute atomic E-state index is 12.5. The van der Waals surface area contributed by atoms with Crippen LogP contribution in [0.15, 0.2) is 24.3 Å². The van der Waals surface area contributed by atoms with Gasteiger partial charge in [-0.05, 0) is 37.5 Å². The molecule has 2 fully saturated rings. The first-order valence-corrected chi connectivity index (χ1v) is 7.32. The zero-order chi connectivity index (χ0) is 15.7. The second-order valence-corrected chi connectivity index (χ2v) is 5.75. The molecule has 0 radical (unpaired) electrons. The third kappa shape index (κ3) is 4.51. The van der Waals surface area contributed by atoms with Gasteiger partial charge in [0.05, 0.1) is 0 Å². The molecule has 1 N–H and O–H groups in total. The second-order valence-electron chi connectivity index (χ2n) is 5.75. The lowest BCUT2D eigenvalue weighted by Crippen LogP contribution is -2.39. The molecule has 2 bridgehead atoms. The van der Waals surface area contributed by atoms with Crippen LogP contribution in [0, 0.1) is 0 Å². The van der Waals surface area contributed by atoms with Gasteiger partial charge < -0.3 is 15.0 Å². The highest BCUT2D eigenvalue weighted by Crippen LogP contribution is 2.25. The molecule has 0 spiro atoms. The number of fused-ring (bicyclic) bond motifs is 2. The second kappa shape index (κ2) is 6.97. The summed E-state index contributed by atoms with van der Waals surface area (Å²) in [6.07, 6.45) is -1.72. The Hall–Kier alpha value is -1.47. The molecule has 2 heterocycles. The van der Waals surface area contributed by atoms with Crippen molar-refractivity contribution in [3.05, 3.63) is 29.8 Å². The van der Waals surface area contributed by atoms with Gasteiger partial charge in [-0.25, -0.2) is 0 Å². The molecule has 3 rings (SSSR count). The number of carbonyl (C=O) groups is 1. The third-order valence-electron chi connectivity index (χ3n) is 4.13. The lowest BCUT2D eigenvalue weighted by atomic mass is 10.1. The van der Waals surface area contributed by atoms with Crippen LogP contribution in [-0.4, -0.2) is 42.3 Å². The molecule has 1 aromatic carbocycles. The van der Waals surface area contributed by atoms with Crippen molar-refractivity contribution >= 4 is 18.3 Å². The normalized spacial score (nSPS) is 23.9. The minimum Gasteiger partial charge on any atom is -0.406 e. The van der Waals surface area contributed by atoms with Crippen molar-refractivity contribution in [2.45, 2.75) is 37.7 Å². The summed E-state index contributed by atoms with van der Waals surface area (Å²) >= 11 is 0. The number of alkyl halides is 3. The summed E-state index contributed by atoms with van der Waals surface area (Å²) in [6.45, 7) is 1.22. The number of nitrogens with one attached hydrogen (secondary N) is 1. The summed E-state index contributed by atoms with van der Waals surface area (Å²) in [5, 5.41) is 3.46. The van der Waals surface area contributed by atoms with E-state index in [1.807, 2.05) is 0 Å². The zero-order valence-corrected chi connectivity index (χ0v) is 13.1. The minimum atomic E-state index is -4.76. The Morgan fingerprint density at radius 3 is 2.70 bits per heavy atom. The van der Waals surface area contributed by atoms with Crippen molar-refractivity contribution < 1.29 is 22.7 Å². The van der Waals surface area contributed by atoms with Gasteiger partial charge in [-0.15, -0.1) is 25.6 Å². The standard InChI is InChI=1S/C15H17F3N2O2.ClH/c16-15(17,18)22-13-3-1-2-10(8-13)14(21)20-7-6-11-4-5-12(9-20)19-11;/h1-3,8,11-12,19H,4-7,9H2;1H. The predicted octanol–water partition coefficient (Wildman–Crippen LogP) is 2.97. The molecule has 0 saturated carbocycles. The number of carbonyl (C=O) groups excluding carboxylic acids is 1. The van der Waals surface area contributed by atoms with E-state index in [-0.39, 0.29) is 35.7 Å². The van der Waals surface area contributed by atoms with Gasteiger partial charge in [-0.1, -0.05) is 6.07 Å². The molecule has 0 aromatic heterocycles.